The molecule has 3 nitrogen and oxygen atoms in total. The van der Waals surface area contributed by atoms with Crippen molar-refractivity contribution in [2.75, 3.05) is 13.2 Å². The van der Waals surface area contributed by atoms with Gasteiger partial charge in [-0.3, -0.25) is 0 Å². The van der Waals surface area contributed by atoms with E-state index < -0.39 is 0 Å². The highest BCUT2D eigenvalue weighted by atomic mass is 16.5. The van der Waals surface area contributed by atoms with Crippen LogP contribution >= 0.6 is 0 Å². The number of esters is 1. The second-order valence-electron chi connectivity index (χ2n) is 4.78. The number of aryl methyl sites for hydroxylation is 2. The van der Waals surface area contributed by atoms with E-state index in [2.05, 4.69) is 13.8 Å². The van der Waals surface area contributed by atoms with E-state index in [4.69, 9.17) is 9.47 Å². The fourth-order valence-corrected chi connectivity index (χ4v) is 2.33. The third-order valence-corrected chi connectivity index (χ3v) is 3.08. The van der Waals surface area contributed by atoms with E-state index in [1.54, 1.807) is 0 Å². The Morgan fingerprint density at radius 1 is 0.950 bits per heavy atom. The lowest BCUT2D eigenvalue weighted by Crippen LogP contribution is -2.09. The quantitative estimate of drug-likeness (QED) is 0.670. The van der Waals surface area contributed by atoms with Crippen LogP contribution in [-0.4, -0.2) is 19.2 Å². The molecule has 20 heavy (non-hydrogen) atoms. The molecule has 0 saturated carbocycles. The molecule has 0 unspecified atom stereocenters. The van der Waals surface area contributed by atoms with E-state index >= 15 is 0 Å². The van der Waals surface area contributed by atoms with Gasteiger partial charge in [0.15, 0.2) is 0 Å². The molecule has 0 bridgehead atoms. The summed E-state index contributed by atoms with van der Waals surface area (Å²) in [6.07, 6.45) is 3.88. The van der Waals surface area contributed by atoms with Gasteiger partial charge in [-0.15, -0.1) is 0 Å². The number of benzene rings is 1. The van der Waals surface area contributed by atoms with Crippen molar-refractivity contribution in [1.82, 2.24) is 0 Å². The molecule has 1 rings (SSSR count). The number of hydrogen-bond donors (Lipinski definition) is 0. The minimum absolute atomic E-state index is 0.245. The summed E-state index contributed by atoms with van der Waals surface area (Å²) < 4.78 is 10.9. The Hall–Kier alpha value is -1.51. The van der Waals surface area contributed by atoms with Gasteiger partial charge in [-0.2, -0.15) is 0 Å². The summed E-state index contributed by atoms with van der Waals surface area (Å²) in [7, 11) is 0. The Morgan fingerprint density at radius 2 is 1.50 bits per heavy atom. The second-order valence-corrected chi connectivity index (χ2v) is 4.78. The first kappa shape index (κ1) is 16.5. The number of ether oxygens (including phenoxy) is 2. The van der Waals surface area contributed by atoms with Crippen LogP contribution in [0.2, 0.25) is 0 Å². The highest BCUT2D eigenvalue weighted by molar-refractivity contribution is 5.90. The zero-order valence-corrected chi connectivity index (χ0v) is 13.1. The molecule has 0 fully saturated rings. The van der Waals surface area contributed by atoms with Gasteiger partial charge in [0, 0.05) is 0 Å². The molecule has 0 N–H and O–H groups in total. The minimum atomic E-state index is -0.245. The Labute approximate surface area is 122 Å². The molecular formula is C17H26O3. The molecule has 0 aliphatic heterocycles. The predicted molar refractivity (Wildman–Crippen MR) is 81.6 cm³/mol. The van der Waals surface area contributed by atoms with Crippen molar-refractivity contribution < 1.29 is 14.3 Å². The third-order valence-electron chi connectivity index (χ3n) is 3.08. The minimum Gasteiger partial charge on any atom is -0.493 e. The molecule has 0 spiro atoms. The van der Waals surface area contributed by atoms with Crippen LogP contribution in [0.1, 0.15) is 62.0 Å². The van der Waals surface area contributed by atoms with Gasteiger partial charge in [-0.25, -0.2) is 4.79 Å². The number of carbonyl (C=O) groups excluding carboxylic acids is 1. The number of rotatable bonds is 8. The standard InChI is InChI=1S/C17H26O3/c1-5-9-13-11-15(17(18)20-8-4)12-14(10-6-2)16(13)19-7-3/h11-12H,5-10H2,1-4H3. The largest absolute Gasteiger partial charge is 0.493 e. The number of hydrogen-bond acceptors (Lipinski definition) is 3. The second kappa shape index (κ2) is 8.62. The first-order valence-corrected chi connectivity index (χ1v) is 7.63. The summed E-state index contributed by atoms with van der Waals surface area (Å²) in [4.78, 5) is 12.0. The van der Waals surface area contributed by atoms with Crippen LogP contribution in [0.3, 0.4) is 0 Å². The van der Waals surface area contributed by atoms with E-state index in [1.807, 2.05) is 26.0 Å². The molecule has 0 heterocycles. The molecule has 0 saturated heterocycles. The zero-order chi connectivity index (χ0) is 15.0. The van der Waals surface area contributed by atoms with Crippen molar-refractivity contribution in [3.8, 4) is 5.75 Å². The van der Waals surface area contributed by atoms with Crippen LogP contribution < -0.4 is 4.74 Å². The molecule has 0 aliphatic carbocycles. The normalized spacial score (nSPS) is 10.4. The summed E-state index contributed by atoms with van der Waals surface area (Å²) in [6, 6.07) is 3.84. The first-order valence-electron chi connectivity index (χ1n) is 7.63. The van der Waals surface area contributed by atoms with Gasteiger partial charge in [-0.1, -0.05) is 26.7 Å². The Morgan fingerprint density at radius 3 is 1.90 bits per heavy atom. The monoisotopic (exact) mass is 278 g/mol. The van der Waals surface area contributed by atoms with E-state index in [-0.39, 0.29) is 5.97 Å². The maximum absolute atomic E-state index is 12.0. The van der Waals surface area contributed by atoms with Gasteiger partial charge in [0.05, 0.1) is 18.8 Å². The smallest absolute Gasteiger partial charge is 0.338 e. The Balaban J connectivity index is 3.25. The topological polar surface area (TPSA) is 35.5 Å². The van der Waals surface area contributed by atoms with Crippen molar-refractivity contribution in [2.24, 2.45) is 0 Å². The van der Waals surface area contributed by atoms with Crippen LogP contribution in [0.15, 0.2) is 12.1 Å². The maximum atomic E-state index is 12.0. The average Bonchev–Trinajstić information content (AvgIpc) is 2.43. The SMILES string of the molecule is CCCc1cc(C(=O)OCC)cc(CCC)c1OCC. The van der Waals surface area contributed by atoms with Crippen LogP contribution in [0, 0.1) is 0 Å². The van der Waals surface area contributed by atoms with Crippen molar-refractivity contribution in [1.29, 1.82) is 0 Å². The summed E-state index contributed by atoms with van der Waals surface area (Å²) >= 11 is 0. The summed E-state index contributed by atoms with van der Waals surface area (Å²) in [5, 5.41) is 0. The van der Waals surface area contributed by atoms with Gasteiger partial charge < -0.3 is 9.47 Å². The average molecular weight is 278 g/mol. The molecule has 3 heteroatoms. The molecule has 0 aliphatic rings. The van der Waals surface area contributed by atoms with Crippen LogP contribution in [0.5, 0.6) is 5.75 Å². The molecular weight excluding hydrogens is 252 g/mol. The summed E-state index contributed by atoms with van der Waals surface area (Å²) in [6.45, 7) is 9.13. The maximum Gasteiger partial charge on any atom is 0.338 e. The van der Waals surface area contributed by atoms with Crippen molar-refractivity contribution >= 4 is 5.97 Å². The third kappa shape index (κ3) is 4.26. The fourth-order valence-electron chi connectivity index (χ4n) is 2.33. The Bertz CT molecular complexity index is 411. The molecule has 0 aromatic heterocycles. The lowest BCUT2D eigenvalue weighted by Gasteiger charge is -2.16. The zero-order valence-electron chi connectivity index (χ0n) is 13.1. The molecule has 0 amide bonds. The van der Waals surface area contributed by atoms with Crippen molar-refractivity contribution in [2.45, 2.75) is 53.4 Å². The summed E-state index contributed by atoms with van der Waals surface area (Å²) in [5.41, 5.74) is 2.87. The van der Waals surface area contributed by atoms with Crippen LogP contribution in [-0.2, 0) is 17.6 Å². The molecule has 1 aromatic rings. The van der Waals surface area contributed by atoms with Gasteiger partial charge in [0.2, 0.25) is 0 Å². The van der Waals surface area contributed by atoms with Crippen molar-refractivity contribution in [3.63, 3.8) is 0 Å². The predicted octanol–water partition coefficient (Wildman–Crippen LogP) is 4.17. The van der Waals surface area contributed by atoms with Crippen molar-refractivity contribution in [3.05, 3.63) is 28.8 Å². The van der Waals surface area contributed by atoms with E-state index in [0.717, 1.165) is 42.6 Å². The molecule has 112 valence electrons. The van der Waals surface area contributed by atoms with E-state index in [0.29, 0.717) is 18.8 Å². The Kier molecular flexibility index (Phi) is 7.13. The molecule has 0 radical (unpaired) electrons. The highest BCUT2D eigenvalue weighted by Crippen LogP contribution is 2.29. The van der Waals surface area contributed by atoms with Crippen LogP contribution in [0.25, 0.3) is 0 Å². The van der Waals surface area contributed by atoms with Gasteiger partial charge in [0.1, 0.15) is 5.75 Å². The molecule has 0 atom stereocenters. The molecule has 1 aromatic carbocycles. The summed E-state index contributed by atoms with van der Waals surface area (Å²) in [5.74, 6) is 0.717. The van der Waals surface area contributed by atoms with Gasteiger partial charge in [0.25, 0.3) is 0 Å². The first-order chi connectivity index (χ1) is 9.67. The highest BCUT2D eigenvalue weighted by Gasteiger charge is 2.15. The fraction of sp³-hybridized carbons (Fsp3) is 0.588. The van der Waals surface area contributed by atoms with Crippen LogP contribution in [0.4, 0.5) is 0 Å². The van der Waals surface area contributed by atoms with E-state index in [1.165, 1.54) is 0 Å². The van der Waals surface area contributed by atoms with Gasteiger partial charge in [-0.05, 0) is 49.9 Å². The lowest BCUT2D eigenvalue weighted by atomic mass is 9.98. The van der Waals surface area contributed by atoms with E-state index in [9.17, 15) is 4.79 Å². The van der Waals surface area contributed by atoms with Gasteiger partial charge >= 0.3 is 5.97 Å². The number of carbonyl (C=O) groups is 1. The lowest BCUT2D eigenvalue weighted by molar-refractivity contribution is 0.0526.